The van der Waals surface area contributed by atoms with Crippen LogP contribution in [-0.2, 0) is 4.79 Å². The minimum absolute atomic E-state index is 0.0405. The Morgan fingerprint density at radius 2 is 2.33 bits per heavy atom. The molecule has 3 nitrogen and oxygen atoms in total. The van der Waals surface area contributed by atoms with Crippen LogP contribution in [0.4, 0.5) is 0 Å². The van der Waals surface area contributed by atoms with Gasteiger partial charge in [0.1, 0.15) is 0 Å². The van der Waals surface area contributed by atoms with Crippen LogP contribution in [0.5, 0.6) is 0 Å². The lowest BCUT2D eigenvalue weighted by Crippen LogP contribution is -2.55. The first-order valence-corrected chi connectivity index (χ1v) is 4.76. The van der Waals surface area contributed by atoms with Gasteiger partial charge in [0, 0.05) is 13.1 Å². The van der Waals surface area contributed by atoms with Crippen LogP contribution in [0.25, 0.3) is 0 Å². The van der Waals surface area contributed by atoms with E-state index in [2.05, 4.69) is 24.5 Å². The van der Waals surface area contributed by atoms with Crippen LogP contribution in [0.1, 0.15) is 26.7 Å². The number of carbonyl (C=O) groups excluding carboxylic acids is 1. The van der Waals surface area contributed by atoms with Gasteiger partial charge >= 0.3 is 0 Å². The number of hydrogen-bond donors (Lipinski definition) is 2. The average molecular weight is 170 g/mol. The quantitative estimate of drug-likeness (QED) is 0.648. The molecule has 0 aliphatic carbocycles. The minimum Gasteiger partial charge on any atom is -0.353 e. The number of rotatable bonds is 3. The molecule has 2 N–H and O–H groups in total. The van der Waals surface area contributed by atoms with Gasteiger partial charge in [0.25, 0.3) is 0 Å². The largest absolute Gasteiger partial charge is 0.353 e. The lowest BCUT2D eigenvalue weighted by molar-refractivity contribution is -0.125. The van der Waals surface area contributed by atoms with Gasteiger partial charge in [0.15, 0.2) is 0 Å². The summed E-state index contributed by atoms with van der Waals surface area (Å²) >= 11 is 0. The van der Waals surface area contributed by atoms with Gasteiger partial charge in [-0.25, -0.2) is 0 Å². The van der Waals surface area contributed by atoms with Crippen molar-refractivity contribution in [3.63, 3.8) is 0 Å². The number of nitrogens with one attached hydrogen (secondary N) is 2. The van der Waals surface area contributed by atoms with Gasteiger partial charge in [0.05, 0.1) is 6.04 Å². The molecule has 2 atom stereocenters. The summed E-state index contributed by atoms with van der Waals surface area (Å²) in [5, 5.41) is 6.11. The number of piperazine rings is 1. The fraction of sp³-hybridized carbons (Fsp3) is 0.889. The molecule has 1 aliphatic rings. The van der Waals surface area contributed by atoms with Crippen molar-refractivity contribution < 1.29 is 4.79 Å². The molecule has 1 amide bonds. The summed E-state index contributed by atoms with van der Waals surface area (Å²) in [6.07, 6.45) is 2.26. The Morgan fingerprint density at radius 1 is 1.58 bits per heavy atom. The van der Waals surface area contributed by atoms with Crippen LogP contribution in [-0.4, -0.2) is 25.0 Å². The van der Waals surface area contributed by atoms with E-state index >= 15 is 0 Å². The Balaban J connectivity index is 2.42. The topological polar surface area (TPSA) is 41.1 Å². The highest BCUT2D eigenvalue weighted by molar-refractivity contribution is 5.82. The summed E-state index contributed by atoms with van der Waals surface area (Å²) in [6, 6.07) is 0.0405. The Bertz CT molecular complexity index is 159. The van der Waals surface area contributed by atoms with Crippen LogP contribution < -0.4 is 10.6 Å². The van der Waals surface area contributed by atoms with E-state index in [4.69, 9.17) is 0 Å². The Kier molecular flexibility index (Phi) is 3.53. The minimum atomic E-state index is 0.0405. The first-order chi connectivity index (χ1) is 5.75. The summed E-state index contributed by atoms with van der Waals surface area (Å²) < 4.78 is 0. The van der Waals surface area contributed by atoms with Crippen LogP contribution in [0.3, 0.4) is 0 Å². The third-order valence-electron chi connectivity index (χ3n) is 2.38. The predicted molar refractivity (Wildman–Crippen MR) is 48.9 cm³/mol. The second-order valence-corrected chi connectivity index (χ2v) is 3.49. The number of amides is 1. The lowest BCUT2D eigenvalue weighted by Gasteiger charge is -2.28. The van der Waals surface area contributed by atoms with Crippen LogP contribution >= 0.6 is 0 Å². The third kappa shape index (κ3) is 2.21. The van der Waals surface area contributed by atoms with E-state index in [1.165, 1.54) is 0 Å². The zero-order valence-corrected chi connectivity index (χ0v) is 7.89. The molecule has 12 heavy (non-hydrogen) atoms. The van der Waals surface area contributed by atoms with Gasteiger partial charge in [-0.2, -0.15) is 0 Å². The van der Waals surface area contributed by atoms with Gasteiger partial charge in [-0.15, -0.1) is 0 Å². The molecule has 1 heterocycles. The Labute approximate surface area is 73.9 Å². The summed E-state index contributed by atoms with van der Waals surface area (Å²) in [4.78, 5) is 11.3. The molecule has 70 valence electrons. The summed E-state index contributed by atoms with van der Waals surface area (Å²) in [7, 11) is 0. The Hall–Kier alpha value is -0.570. The highest BCUT2D eigenvalue weighted by Gasteiger charge is 2.25. The van der Waals surface area contributed by atoms with Crippen LogP contribution in [0, 0.1) is 5.92 Å². The molecule has 1 saturated heterocycles. The molecule has 0 bridgehead atoms. The van der Waals surface area contributed by atoms with Crippen molar-refractivity contribution in [1.29, 1.82) is 0 Å². The predicted octanol–water partition coefficient (Wildman–Crippen LogP) is 0.511. The standard InChI is InChI=1S/C9H18N2O/c1-3-4-7(2)8-9(12)11-6-5-10-8/h7-8,10H,3-6H2,1-2H3,(H,11,12). The molecular weight excluding hydrogens is 152 g/mol. The maximum absolute atomic E-state index is 11.3. The molecule has 0 spiro atoms. The van der Waals surface area contributed by atoms with Gasteiger partial charge in [-0.3, -0.25) is 4.79 Å². The fourth-order valence-corrected chi connectivity index (χ4v) is 1.70. The van der Waals surface area contributed by atoms with Crippen molar-refractivity contribution in [3.8, 4) is 0 Å². The molecule has 0 aromatic carbocycles. The van der Waals surface area contributed by atoms with Crippen molar-refractivity contribution in [2.24, 2.45) is 5.92 Å². The molecule has 0 aromatic rings. The van der Waals surface area contributed by atoms with E-state index in [1.807, 2.05) is 0 Å². The monoisotopic (exact) mass is 170 g/mol. The molecular formula is C9H18N2O. The van der Waals surface area contributed by atoms with E-state index in [1.54, 1.807) is 0 Å². The van der Waals surface area contributed by atoms with Crippen LogP contribution in [0.15, 0.2) is 0 Å². The molecule has 2 unspecified atom stereocenters. The average Bonchev–Trinajstić information content (AvgIpc) is 2.05. The first kappa shape index (κ1) is 9.52. The smallest absolute Gasteiger partial charge is 0.237 e. The lowest BCUT2D eigenvalue weighted by atomic mass is 9.95. The van der Waals surface area contributed by atoms with Crippen LogP contribution in [0.2, 0.25) is 0 Å². The second kappa shape index (κ2) is 4.45. The first-order valence-electron chi connectivity index (χ1n) is 4.76. The van der Waals surface area contributed by atoms with Crippen molar-refractivity contribution in [3.05, 3.63) is 0 Å². The van der Waals surface area contributed by atoms with Gasteiger partial charge < -0.3 is 10.6 Å². The van der Waals surface area contributed by atoms with E-state index < -0.39 is 0 Å². The molecule has 0 saturated carbocycles. The van der Waals surface area contributed by atoms with Gasteiger partial charge in [-0.1, -0.05) is 20.3 Å². The normalized spacial score (nSPS) is 26.5. The third-order valence-corrected chi connectivity index (χ3v) is 2.38. The number of carbonyl (C=O) groups is 1. The zero-order chi connectivity index (χ0) is 8.97. The van der Waals surface area contributed by atoms with Gasteiger partial charge in [0.2, 0.25) is 5.91 Å². The van der Waals surface area contributed by atoms with E-state index in [0.29, 0.717) is 5.92 Å². The summed E-state index contributed by atoms with van der Waals surface area (Å²) in [6.45, 7) is 5.96. The summed E-state index contributed by atoms with van der Waals surface area (Å²) in [5.41, 5.74) is 0. The molecule has 1 fully saturated rings. The maximum atomic E-state index is 11.3. The second-order valence-electron chi connectivity index (χ2n) is 3.49. The van der Waals surface area contributed by atoms with Gasteiger partial charge in [-0.05, 0) is 12.3 Å². The van der Waals surface area contributed by atoms with E-state index in [0.717, 1.165) is 25.9 Å². The van der Waals surface area contributed by atoms with Crippen molar-refractivity contribution in [2.75, 3.05) is 13.1 Å². The van der Waals surface area contributed by atoms with E-state index in [9.17, 15) is 4.79 Å². The van der Waals surface area contributed by atoms with Crippen molar-refractivity contribution >= 4 is 5.91 Å². The number of hydrogen-bond acceptors (Lipinski definition) is 2. The highest BCUT2D eigenvalue weighted by atomic mass is 16.2. The van der Waals surface area contributed by atoms with Crippen molar-refractivity contribution in [2.45, 2.75) is 32.7 Å². The molecule has 0 aromatic heterocycles. The SMILES string of the molecule is CCCC(C)C1NCCNC1=O. The molecule has 0 radical (unpaired) electrons. The Morgan fingerprint density at radius 3 is 2.92 bits per heavy atom. The molecule has 1 rings (SSSR count). The highest BCUT2D eigenvalue weighted by Crippen LogP contribution is 2.11. The van der Waals surface area contributed by atoms with Crippen molar-refractivity contribution in [1.82, 2.24) is 10.6 Å². The fourth-order valence-electron chi connectivity index (χ4n) is 1.70. The van der Waals surface area contributed by atoms with E-state index in [-0.39, 0.29) is 11.9 Å². The maximum Gasteiger partial charge on any atom is 0.237 e. The zero-order valence-electron chi connectivity index (χ0n) is 7.89. The molecule has 3 heteroatoms. The molecule has 1 aliphatic heterocycles. The summed E-state index contributed by atoms with van der Waals surface area (Å²) in [5.74, 6) is 0.623.